The molecule has 3 heterocycles. The Hall–Kier alpha value is -1.45. The predicted molar refractivity (Wildman–Crippen MR) is 81.3 cm³/mol. The van der Waals surface area contributed by atoms with Gasteiger partial charge in [0.1, 0.15) is 5.76 Å². The van der Waals surface area contributed by atoms with Crippen molar-refractivity contribution in [3.8, 4) is 0 Å². The van der Waals surface area contributed by atoms with Gasteiger partial charge in [-0.1, -0.05) is 5.16 Å². The Morgan fingerprint density at radius 2 is 2.17 bits per heavy atom. The number of hydrogen-bond acceptors (Lipinski definition) is 6. The van der Waals surface area contributed by atoms with Crippen LogP contribution in [0.2, 0.25) is 0 Å². The van der Waals surface area contributed by atoms with E-state index in [1.807, 2.05) is 0 Å². The second kappa shape index (κ2) is 5.57. The molecule has 2 aliphatic heterocycles. The predicted octanol–water partition coefficient (Wildman–Crippen LogP) is -0.0160. The monoisotopic (exact) mass is 343 g/mol. The molecule has 0 saturated carbocycles. The first kappa shape index (κ1) is 16.4. The van der Waals surface area contributed by atoms with Crippen LogP contribution in [-0.2, 0) is 10.0 Å². The number of aryl methyl sites for hydroxylation is 1. The quantitative estimate of drug-likeness (QED) is 0.809. The summed E-state index contributed by atoms with van der Waals surface area (Å²) in [7, 11) is -3.39. The largest absolute Gasteiger partial charge is 0.389 e. The number of aliphatic hydroxyl groups is 1. The molecule has 0 aliphatic carbocycles. The number of amides is 1. The molecule has 2 atom stereocenters. The van der Waals surface area contributed by atoms with Crippen molar-refractivity contribution in [2.24, 2.45) is 0 Å². The van der Waals surface area contributed by atoms with Gasteiger partial charge in [-0.3, -0.25) is 4.79 Å². The number of aliphatic hydroxyl groups excluding tert-OH is 1. The molecular weight excluding hydrogens is 322 g/mol. The molecular formula is C14H21N3O5S. The van der Waals surface area contributed by atoms with Gasteiger partial charge in [0.2, 0.25) is 10.0 Å². The third-order valence-corrected chi connectivity index (χ3v) is 6.18. The second-order valence-electron chi connectivity index (χ2n) is 6.38. The summed E-state index contributed by atoms with van der Waals surface area (Å²) in [4.78, 5) is 13.9. The van der Waals surface area contributed by atoms with Crippen LogP contribution < -0.4 is 0 Å². The lowest BCUT2D eigenvalue weighted by Crippen LogP contribution is -2.63. The third kappa shape index (κ3) is 2.77. The van der Waals surface area contributed by atoms with E-state index in [0.717, 1.165) is 6.42 Å². The molecule has 0 radical (unpaired) electrons. The van der Waals surface area contributed by atoms with Crippen molar-refractivity contribution in [1.29, 1.82) is 0 Å². The Morgan fingerprint density at radius 3 is 2.74 bits per heavy atom. The van der Waals surface area contributed by atoms with Crippen LogP contribution in [0, 0.1) is 6.92 Å². The van der Waals surface area contributed by atoms with E-state index >= 15 is 0 Å². The lowest BCUT2D eigenvalue weighted by atomic mass is 9.83. The summed E-state index contributed by atoms with van der Waals surface area (Å²) in [5.41, 5.74) is -0.582. The molecule has 2 saturated heterocycles. The van der Waals surface area contributed by atoms with E-state index in [0.29, 0.717) is 31.7 Å². The molecule has 1 spiro atoms. The van der Waals surface area contributed by atoms with Gasteiger partial charge >= 0.3 is 0 Å². The van der Waals surface area contributed by atoms with Crippen LogP contribution >= 0.6 is 0 Å². The molecule has 8 nitrogen and oxygen atoms in total. The minimum absolute atomic E-state index is 0.0940. The topological polar surface area (TPSA) is 104 Å². The Morgan fingerprint density at radius 1 is 1.43 bits per heavy atom. The molecule has 2 aliphatic rings. The van der Waals surface area contributed by atoms with Gasteiger partial charge in [-0.05, 0) is 26.2 Å². The number of β-amino-alcohol motifs (C(OH)–C–C–N with tert-alkyl or cyclic N) is 1. The molecule has 0 bridgehead atoms. The molecule has 1 aromatic heterocycles. The number of aromatic nitrogens is 1. The van der Waals surface area contributed by atoms with E-state index in [4.69, 9.17) is 4.52 Å². The van der Waals surface area contributed by atoms with Crippen LogP contribution in [0.5, 0.6) is 0 Å². The highest BCUT2D eigenvalue weighted by Crippen LogP contribution is 2.40. The van der Waals surface area contributed by atoms with Gasteiger partial charge in [0, 0.05) is 25.7 Å². The van der Waals surface area contributed by atoms with Crippen molar-refractivity contribution in [2.45, 2.75) is 37.8 Å². The molecule has 1 N–H and O–H groups in total. The summed E-state index contributed by atoms with van der Waals surface area (Å²) in [6, 6.07) is 1.55. The lowest BCUT2D eigenvalue weighted by molar-refractivity contribution is -0.0294. The van der Waals surface area contributed by atoms with Gasteiger partial charge < -0.3 is 14.5 Å². The smallest absolute Gasteiger partial charge is 0.276 e. The van der Waals surface area contributed by atoms with Crippen molar-refractivity contribution in [3.05, 3.63) is 17.5 Å². The van der Waals surface area contributed by atoms with Crippen LogP contribution in [0.3, 0.4) is 0 Å². The summed E-state index contributed by atoms with van der Waals surface area (Å²) in [5, 5.41) is 14.3. The molecule has 128 valence electrons. The number of piperidine rings is 1. The highest BCUT2D eigenvalue weighted by atomic mass is 32.2. The van der Waals surface area contributed by atoms with Gasteiger partial charge in [0.25, 0.3) is 5.91 Å². The standard InChI is InChI=1S/C14H21N3O5S/c1-10-8-11(15-22-10)13(19)16-7-5-14(12(18)9-16)4-3-6-17(14)23(2,20)21/h8,12,18H,3-7,9H2,1-2H3/t12-,14-/m0/s1. The van der Waals surface area contributed by atoms with Gasteiger partial charge in [0.15, 0.2) is 5.69 Å². The zero-order valence-electron chi connectivity index (χ0n) is 13.2. The molecule has 1 amide bonds. The van der Waals surface area contributed by atoms with Crippen LogP contribution in [-0.4, -0.2) is 71.3 Å². The molecule has 0 unspecified atom stereocenters. The number of sulfonamides is 1. The Kier molecular flexibility index (Phi) is 3.97. The number of carbonyl (C=O) groups excluding carboxylic acids is 1. The van der Waals surface area contributed by atoms with Gasteiger partial charge in [0.05, 0.1) is 17.9 Å². The van der Waals surface area contributed by atoms with E-state index in [9.17, 15) is 18.3 Å². The van der Waals surface area contributed by atoms with Crippen LogP contribution in [0.4, 0.5) is 0 Å². The molecule has 2 fully saturated rings. The highest BCUT2D eigenvalue weighted by Gasteiger charge is 2.53. The van der Waals surface area contributed by atoms with Crippen LogP contribution in [0.25, 0.3) is 0 Å². The van der Waals surface area contributed by atoms with Crippen molar-refractivity contribution in [1.82, 2.24) is 14.4 Å². The normalized spacial score (nSPS) is 29.3. The van der Waals surface area contributed by atoms with Crippen molar-refractivity contribution < 1.29 is 22.8 Å². The van der Waals surface area contributed by atoms with Crippen molar-refractivity contribution in [2.75, 3.05) is 25.9 Å². The number of rotatable bonds is 2. The first-order valence-corrected chi connectivity index (χ1v) is 9.47. The zero-order chi connectivity index (χ0) is 16.8. The van der Waals surface area contributed by atoms with E-state index < -0.39 is 21.7 Å². The first-order chi connectivity index (χ1) is 10.7. The SMILES string of the molecule is Cc1cc(C(=O)N2CC[C@@]3(CCCN3S(C)(=O)=O)[C@@H](O)C2)no1. The summed E-state index contributed by atoms with van der Waals surface area (Å²) < 4.78 is 30.3. The maximum atomic E-state index is 12.4. The summed E-state index contributed by atoms with van der Waals surface area (Å²) in [5.74, 6) is 0.237. The van der Waals surface area contributed by atoms with E-state index in [1.165, 1.54) is 15.5 Å². The lowest BCUT2D eigenvalue weighted by Gasteiger charge is -2.47. The zero-order valence-corrected chi connectivity index (χ0v) is 14.0. The number of nitrogens with zero attached hydrogens (tertiary/aromatic N) is 3. The fraction of sp³-hybridized carbons (Fsp3) is 0.714. The van der Waals surface area contributed by atoms with Crippen molar-refractivity contribution >= 4 is 15.9 Å². The molecule has 9 heteroatoms. The average molecular weight is 343 g/mol. The third-order valence-electron chi connectivity index (χ3n) is 4.83. The number of hydrogen-bond donors (Lipinski definition) is 1. The number of likely N-dealkylation sites (tertiary alicyclic amines) is 1. The molecule has 3 rings (SSSR count). The van der Waals surface area contributed by atoms with Gasteiger partial charge in [-0.15, -0.1) is 0 Å². The van der Waals surface area contributed by atoms with Crippen molar-refractivity contribution in [3.63, 3.8) is 0 Å². The molecule has 1 aromatic rings. The Balaban J connectivity index is 1.78. The van der Waals surface area contributed by atoms with Crippen LogP contribution in [0.15, 0.2) is 10.6 Å². The van der Waals surface area contributed by atoms with Crippen LogP contribution in [0.1, 0.15) is 35.5 Å². The summed E-state index contributed by atoms with van der Waals surface area (Å²) >= 11 is 0. The average Bonchev–Trinajstić information content (AvgIpc) is 3.08. The summed E-state index contributed by atoms with van der Waals surface area (Å²) in [6.45, 7) is 2.60. The first-order valence-electron chi connectivity index (χ1n) is 7.62. The maximum absolute atomic E-state index is 12.4. The Bertz CT molecular complexity index is 716. The van der Waals surface area contributed by atoms with Gasteiger partial charge in [-0.2, -0.15) is 4.31 Å². The Labute approximate surface area is 135 Å². The minimum Gasteiger partial charge on any atom is -0.389 e. The number of carbonyl (C=O) groups is 1. The van der Waals surface area contributed by atoms with E-state index in [2.05, 4.69) is 5.16 Å². The highest BCUT2D eigenvalue weighted by molar-refractivity contribution is 7.88. The van der Waals surface area contributed by atoms with E-state index in [1.54, 1.807) is 13.0 Å². The minimum atomic E-state index is -3.39. The molecule has 0 aromatic carbocycles. The van der Waals surface area contributed by atoms with E-state index in [-0.39, 0.29) is 18.1 Å². The van der Waals surface area contributed by atoms with Gasteiger partial charge in [-0.25, -0.2) is 8.42 Å². The maximum Gasteiger partial charge on any atom is 0.276 e. The fourth-order valence-electron chi connectivity index (χ4n) is 3.73. The molecule has 23 heavy (non-hydrogen) atoms. The summed E-state index contributed by atoms with van der Waals surface area (Å²) in [6.07, 6.45) is 2.02. The fourth-order valence-corrected chi connectivity index (χ4v) is 5.16. The second-order valence-corrected chi connectivity index (χ2v) is 8.29.